The van der Waals surface area contributed by atoms with Crippen molar-refractivity contribution in [2.24, 2.45) is 5.73 Å². The van der Waals surface area contributed by atoms with Gasteiger partial charge in [0.2, 0.25) is 5.95 Å². The van der Waals surface area contributed by atoms with Crippen molar-refractivity contribution in [2.75, 3.05) is 31.1 Å². The van der Waals surface area contributed by atoms with Crippen LogP contribution in [0.1, 0.15) is 25.1 Å². The van der Waals surface area contributed by atoms with Crippen molar-refractivity contribution in [1.29, 1.82) is 0 Å². The van der Waals surface area contributed by atoms with Gasteiger partial charge in [-0.25, -0.2) is 9.97 Å². The lowest BCUT2D eigenvalue weighted by Gasteiger charge is -2.39. The molecule has 0 saturated carbocycles. The molecule has 0 amide bonds. The molecule has 1 saturated heterocycles. The number of nitrogens with two attached hydrogens (primary N) is 1. The van der Waals surface area contributed by atoms with E-state index >= 15 is 0 Å². The Morgan fingerprint density at radius 1 is 1.44 bits per heavy atom. The average Bonchev–Trinajstić information content (AvgIpc) is 2.38. The molecule has 0 radical (unpaired) electrons. The van der Waals surface area contributed by atoms with E-state index in [2.05, 4.69) is 33.6 Å². The molecule has 0 bridgehead atoms. The van der Waals surface area contributed by atoms with Crippen LogP contribution in [0.25, 0.3) is 0 Å². The quantitative estimate of drug-likeness (QED) is 0.857. The van der Waals surface area contributed by atoms with E-state index in [9.17, 15) is 0 Å². The van der Waals surface area contributed by atoms with Crippen molar-refractivity contribution in [3.63, 3.8) is 0 Å². The molecule has 1 aromatic rings. The van der Waals surface area contributed by atoms with Gasteiger partial charge in [-0.05, 0) is 20.4 Å². The van der Waals surface area contributed by atoms with Crippen LogP contribution in [0.4, 0.5) is 5.95 Å². The molecule has 2 heterocycles. The first-order chi connectivity index (χ1) is 8.65. The molecule has 1 atom stereocenters. The van der Waals surface area contributed by atoms with E-state index in [-0.39, 0.29) is 0 Å². The number of hydrogen-bond acceptors (Lipinski definition) is 5. The van der Waals surface area contributed by atoms with Crippen LogP contribution in [0.5, 0.6) is 0 Å². The normalized spacial score (nSPS) is 21.3. The highest BCUT2D eigenvalue weighted by Crippen LogP contribution is 2.16. The first-order valence-electron chi connectivity index (χ1n) is 6.67. The minimum atomic E-state index is 0.506. The second-order valence-electron chi connectivity index (χ2n) is 4.91. The molecule has 0 aliphatic carbocycles. The second-order valence-corrected chi connectivity index (χ2v) is 4.91. The number of anilines is 1. The minimum Gasteiger partial charge on any atom is -0.338 e. The lowest BCUT2D eigenvalue weighted by molar-refractivity contribution is 0.198. The van der Waals surface area contributed by atoms with E-state index in [1.807, 2.05) is 13.1 Å². The summed E-state index contributed by atoms with van der Waals surface area (Å²) in [5.74, 6) is 0.840. The Kier molecular flexibility index (Phi) is 4.14. The molecule has 100 valence electrons. The zero-order valence-electron chi connectivity index (χ0n) is 11.6. The molecule has 1 unspecified atom stereocenters. The number of aryl methyl sites for hydroxylation is 1. The van der Waals surface area contributed by atoms with Crippen LogP contribution in [0.3, 0.4) is 0 Å². The van der Waals surface area contributed by atoms with Crippen LogP contribution in [0.15, 0.2) is 6.20 Å². The summed E-state index contributed by atoms with van der Waals surface area (Å²) in [6, 6.07) is 0.557. The largest absolute Gasteiger partial charge is 0.338 e. The summed E-state index contributed by atoms with van der Waals surface area (Å²) in [4.78, 5) is 13.8. The third-order valence-corrected chi connectivity index (χ3v) is 3.74. The highest BCUT2D eigenvalue weighted by atomic mass is 15.3. The fourth-order valence-corrected chi connectivity index (χ4v) is 2.48. The summed E-state index contributed by atoms with van der Waals surface area (Å²) >= 11 is 0. The minimum absolute atomic E-state index is 0.506. The fourth-order valence-electron chi connectivity index (χ4n) is 2.48. The monoisotopic (exact) mass is 249 g/mol. The molecule has 0 spiro atoms. The molecule has 2 N–H and O–H groups in total. The molecule has 5 heteroatoms. The van der Waals surface area contributed by atoms with Crippen molar-refractivity contribution in [1.82, 2.24) is 14.9 Å². The fraction of sp³-hybridized carbons (Fsp3) is 0.692. The van der Waals surface area contributed by atoms with Crippen molar-refractivity contribution < 1.29 is 0 Å². The maximum absolute atomic E-state index is 5.64. The van der Waals surface area contributed by atoms with Crippen molar-refractivity contribution >= 4 is 5.95 Å². The van der Waals surface area contributed by atoms with Gasteiger partial charge in [0.15, 0.2) is 0 Å². The highest BCUT2D eigenvalue weighted by Gasteiger charge is 2.24. The van der Waals surface area contributed by atoms with Gasteiger partial charge in [-0.1, -0.05) is 6.92 Å². The maximum Gasteiger partial charge on any atom is 0.225 e. The summed E-state index contributed by atoms with van der Waals surface area (Å²) in [7, 11) is 0. The van der Waals surface area contributed by atoms with Crippen LogP contribution in [0, 0.1) is 6.92 Å². The van der Waals surface area contributed by atoms with Gasteiger partial charge in [0.1, 0.15) is 0 Å². The zero-order valence-corrected chi connectivity index (χ0v) is 11.6. The van der Waals surface area contributed by atoms with Crippen molar-refractivity contribution in [2.45, 2.75) is 33.4 Å². The summed E-state index contributed by atoms with van der Waals surface area (Å²) in [5.41, 5.74) is 7.66. The van der Waals surface area contributed by atoms with Gasteiger partial charge in [0.05, 0.1) is 0 Å². The second kappa shape index (κ2) is 5.63. The molecule has 0 aromatic carbocycles. The number of nitrogens with zero attached hydrogens (tertiary/aromatic N) is 4. The van der Waals surface area contributed by atoms with E-state index in [4.69, 9.17) is 5.73 Å². The topological polar surface area (TPSA) is 58.3 Å². The zero-order chi connectivity index (χ0) is 13.1. The van der Waals surface area contributed by atoms with Crippen LogP contribution in [0.2, 0.25) is 0 Å². The molecular weight excluding hydrogens is 226 g/mol. The number of aromatic nitrogens is 2. The third-order valence-electron chi connectivity index (χ3n) is 3.74. The van der Waals surface area contributed by atoms with E-state index in [1.54, 1.807) is 0 Å². The van der Waals surface area contributed by atoms with Gasteiger partial charge >= 0.3 is 0 Å². The summed E-state index contributed by atoms with van der Waals surface area (Å²) < 4.78 is 0. The maximum atomic E-state index is 5.64. The van der Waals surface area contributed by atoms with Gasteiger partial charge in [-0.2, -0.15) is 0 Å². The molecule has 18 heavy (non-hydrogen) atoms. The SMILES string of the molecule is CCN1CCN(c2ncc(CN)c(C)n2)CC1C. The summed E-state index contributed by atoms with van der Waals surface area (Å²) in [5, 5.41) is 0. The van der Waals surface area contributed by atoms with Gasteiger partial charge in [0, 0.05) is 49.7 Å². The van der Waals surface area contributed by atoms with Gasteiger partial charge in [-0.15, -0.1) is 0 Å². The number of likely N-dealkylation sites (N-methyl/N-ethyl adjacent to an activating group) is 1. The van der Waals surface area contributed by atoms with Crippen LogP contribution in [-0.2, 0) is 6.54 Å². The van der Waals surface area contributed by atoms with Crippen molar-refractivity contribution in [3.05, 3.63) is 17.5 Å². The first kappa shape index (κ1) is 13.2. The molecule has 5 nitrogen and oxygen atoms in total. The van der Waals surface area contributed by atoms with Gasteiger partial charge in [-0.3, -0.25) is 4.90 Å². The van der Waals surface area contributed by atoms with E-state index < -0.39 is 0 Å². The Bertz CT molecular complexity index is 406. The first-order valence-corrected chi connectivity index (χ1v) is 6.67. The van der Waals surface area contributed by atoms with E-state index in [0.29, 0.717) is 12.6 Å². The lowest BCUT2D eigenvalue weighted by atomic mass is 10.2. The van der Waals surface area contributed by atoms with Gasteiger partial charge < -0.3 is 10.6 Å². The number of piperazine rings is 1. The van der Waals surface area contributed by atoms with Crippen LogP contribution in [-0.4, -0.2) is 47.1 Å². The third kappa shape index (κ3) is 2.62. The summed E-state index contributed by atoms with van der Waals surface area (Å²) in [6.07, 6.45) is 1.86. The van der Waals surface area contributed by atoms with E-state index in [0.717, 1.165) is 43.4 Å². The highest BCUT2D eigenvalue weighted by molar-refractivity contribution is 5.34. The lowest BCUT2D eigenvalue weighted by Crippen LogP contribution is -2.52. The van der Waals surface area contributed by atoms with Crippen LogP contribution >= 0.6 is 0 Å². The Labute approximate surface area is 109 Å². The standard InChI is InChI=1S/C13H23N5/c1-4-17-5-6-18(9-10(17)2)13-15-8-12(7-14)11(3)16-13/h8,10H,4-7,9,14H2,1-3H3. The average molecular weight is 249 g/mol. The predicted molar refractivity (Wildman–Crippen MR) is 73.6 cm³/mol. The Hall–Kier alpha value is -1.20. The van der Waals surface area contributed by atoms with Crippen LogP contribution < -0.4 is 10.6 Å². The molecule has 1 aliphatic rings. The Morgan fingerprint density at radius 3 is 2.78 bits per heavy atom. The van der Waals surface area contributed by atoms with Crippen molar-refractivity contribution in [3.8, 4) is 0 Å². The number of hydrogen-bond donors (Lipinski definition) is 1. The Balaban J connectivity index is 2.11. The molecular formula is C13H23N5. The molecule has 1 fully saturated rings. The van der Waals surface area contributed by atoms with E-state index in [1.165, 1.54) is 0 Å². The smallest absolute Gasteiger partial charge is 0.225 e. The molecule has 2 rings (SSSR count). The number of rotatable bonds is 3. The summed E-state index contributed by atoms with van der Waals surface area (Å²) in [6.45, 7) is 11.2. The predicted octanol–water partition coefficient (Wildman–Crippen LogP) is 0.774. The molecule has 1 aliphatic heterocycles. The molecule has 1 aromatic heterocycles. The van der Waals surface area contributed by atoms with Gasteiger partial charge in [0.25, 0.3) is 0 Å². The Morgan fingerprint density at radius 2 is 2.22 bits per heavy atom.